The molecular formula is C22H22F3NO2S. The summed E-state index contributed by atoms with van der Waals surface area (Å²) in [5, 5.41) is 1.22. The number of fused-ring (bicyclic) bond motifs is 1. The normalized spacial score (nSPS) is 12.0. The number of ether oxygens (including phenoxy) is 1. The van der Waals surface area contributed by atoms with Gasteiger partial charge in [0.05, 0.1) is 17.7 Å². The van der Waals surface area contributed by atoms with Crippen LogP contribution in [0.4, 0.5) is 13.2 Å². The van der Waals surface area contributed by atoms with Gasteiger partial charge < -0.3 is 9.30 Å². The minimum Gasteiger partial charge on any atom is -0.461 e. The van der Waals surface area contributed by atoms with Gasteiger partial charge in [0, 0.05) is 22.1 Å². The minimum absolute atomic E-state index is 0.136. The molecule has 3 aromatic rings. The van der Waals surface area contributed by atoms with Gasteiger partial charge in [0.1, 0.15) is 5.69 Å². The quantitative estimate of drug-likeness (QED) is 0.342. The summed E-state index contributed by atoms with van der Waals surface area (Å²) in [7, 11) is 0. The van der Waals surface area contributed by atoms with Crippen molar-refractivity contribution in [3.8, 4) is 0 Å². The van der Waals surface area contributed by atoms with Crippen LogP contribution in [-0.2, 0) is 17.5 Å². The molecule has 2 aromatic carbocycles. The predicted molar refractivity (Wildman–Crippen MR) is 109 cm³/mol. The van der Waals surface area contributed by atoms with Gasteiger partial charge in [-0.1, -0.05) is 32.0 Å². The molecule has 0 aliphatic heterocycles. The number of benzene rings is 2. The van der Waals surface area contributed by atoms with Crippen molar-refractivity contribution in [2.24, 2.45) is 0 Å². The van der Waals surface area contributed by atoms with Gasteiger partial charge in [0.25, 0.3) is 0 Å². The number of rotatable bonds is 6. The molecule has 0 N–H and O–H groups in total. The molecule has 0 spiro atoms. The fourth-order valence-corrected chi connectivity index (χ4v) is 4.02. The molecular weight excluding hydrogens is 399 g/mol. The highest BCUT2D eigenvalue weighted by Gasteiger charge is 2.30. The summed E-state index contributed by atoms with van der Waals surface area (Å²) in [5.74, 6) is -0.492. The van der Waals surface area contributed by atoms with E-state index in [4.69, 9.17) is 4.74 Å². The molecule has 0 radical (unpaired) electrons. The number of carbonyl (C=O) groups is 1. The lowest BCUT2D eigenvalue weighted by molar-refractivity contribution is -0.137. The van der Waals surface area contributed by atoms with E-state index in [1.165, 1.54) is 6.07 Å². The first-order valence-electron chi connectivity index (χ1n) is 9.32. The Kier molecular flexibility index (Phi) is 6.27. The van der Waals surface area contributed by atoms with Crippen molar-refractivity contribution in [1.82, 2.24) is 4.57 Å². The van der Waals surface area contributed by atoms with Crippen molar-refractivity contribution in [1.29, 1.82) is 0 Å². The molecule has 0 amide bonds. The second-order valence-corrected chi connectivity index (χ2v) is 8.57. The first-order chi connectivity index (χ1) is 13.7. The molecule has 3 nitrogen and oxygen atoms in total. The van der Waals surface area contributed by atoms with Crippen LogP contribution in [0, 0.1) is 0 Å². The topological polar surface area (TPSA) is 31.2 Å². The Morgan fingerprint density at radius 3 is 2.55 bits per heavy atom. The Bertz CT molecular complexity index is 1020. The number of esters is 1. The second-order valence-electron chi connectivity index (χ2n) is 6.92. The second kappa shape index (κ2) is 8.53. The van der Waals surface area contributed by atoms with E-state index in [0.29, 0.717) is 16.5 Å². The molecule has 0 aliphatic rings. The van der Waals surface area contributed by atoms with Crippen molar-refractivity contribution < 1.29 is 22.7 Å². The maximum atomic E-state index is 13.1. The SMILES string of the molecule is CCOC(=O)c1cc2ccc(SC(C)C)cc2n1Cc1cccc(C(F)(F)F)c1. The van der Waals surface area contributed by atoms with Crippen molar-refractivity contribution in [2.45, 2.75) is 43.6 Å². The summed E-state index contributed by atoms with van der Waals surface area (Å²) in [6, 6.07) is 12.8. The Morgan fingerprint density at radius 2 is 1.90 bits per heavy atom. The molecule has 0 atom stereocenters. The van der Waals surface area contributed by atoms with Gasteiger partial charge in [-0.3, -0.25) is 0 Å². The molecule has 0 bridgehead atoms. The summed E-state index contributed by atoms with van der Waals surface area (Å²) < 4.78 is 46.2. The van der Waals surface area contributed by atoms with Crippen molar-refractivity contribution >= 4 is 28.6 Å². The van der Waals surface area contributed by atoms with Crippen LogP contribution in [0.3, 0.4) is 0 Å². The van der Waals surface area contributed by atoms with Crippen molar-refractivity contribution in [2.75, 3.05) is 6.61 Å². The molecule has 0 saturated heterocycles. The third-order valence-corrected chi connectivity index (χ3v) is 5.32. The summed E-state index contributed by atoms with van der Waals surface area (Å²) in [6.45, 7) is 6.24. The number of carbonyl (C=O) groups excluding carboxylic acids is 1. The lowest BCUT2D eigenvalue weighted by Gasteiger charge is -2.13. The van der Waals surface area contributed by atoms with E-state index in [2.05, 4.69) is 13.8 Å². The molecule has 29 heavy (non-hydrogen) atoms. The minimum atomic E-state index is -4.42. The monoisotopic (exact) mass is 421 g/mol. The van der Waals surface area contributed by atoms with E-state index in [0.717, 1.165) is 27.9 Å². The number of aromatic nitrogens is 1. The number of alkyl halides is 3. The summed E-state index contributed by atoms with van der Waals surface area (Å²) in [5.41, 5.74) is 0.868. The zero-order chi connectivity index (χ0) is 21.2. The first-order valence-corrected chi connectivity index (χ1v) is 10.2. The fraction of sp³-hybridized carbons (Fsp3) is 0.318. The maximum absolute atomic E-state index is 13.1. The van der Waals surface area contributed by atoms with Gasteiger partial charge in [-0.15, -0.1) is 11.8 Å². The lowest BCUT2D eigenvalue weighted by Crippen LogP contribution is -2.13. The summed E-state index contributed by atoms with van der Waals surface area (Å²) >= 11 is 1.68. The maximum Gasteiger partial charge on any atom is 0.416 e. The largest absolute Gasteiger partial charge is 0.461 e. The lowest BCUT2D eigenvalue weighted by atomic mass is 10.1. The van der Waals surface area contributed by atoms with E-state index in [-0.39, 0.29) is 13.2 Å². The molecule has 1 aromatic heterocycles. The zero-order valence-corrected chi connectivity index (χ0v) is 17.2. The van der Waals surface area contributed by atoms with E-state index >= 15 is 0 Å². The Labute approximate surface area is 171 Å². The molecule has 1 heterocycles. The van der Waals surface area contributed by atoms with Gasteiger partial charge in [0.2, 0.25) is 0 Å². The van der Waals surface area contributed by atoms with Gasteiger partial charge >= 0.3 is 12.1 Å². The van der Waals surface area contributed by atoms with Crippen molar-refractivity contribution in [3.63, 3.8) is 0 Å². The van der Waals surface area contributed by atoms with Crippen LogP contribution >= 0.6 is 11.8 Å². The third-order valence-electron chi connectivity index (χ3n) is 4.33. The molecule has 0 aliphatic carbocycles. The Morgan fingerprint density at radius 1 is 1.14 bits per heavy atom. The Hall–Kier alpha value is -2.41. The van der Waals surface area contributed by atoms with E-state index in [9.17, 15) is 18.0 Å². The zero-order valence-electron chi connectivity index (χ0n) is 16.4. The predicted octanol–water partition coefficient (Wildman–Crippen LogP) is 6.39. The first kappa shape index (κ1) is 21.3. The molecule has 0 fully saturated rings. The van der Waals surface area contributed by atoms with Crippen molar-refractivity contribution in [3.05, 3.63) is 65.4 Å². The smallest absolute Gasteiger partial charge is 0.416 e. The average Bonchev–Trinajstić information content (AvgIpc) is 2.99. The van der Waals surface area contributed by atoms with Gasteiger partial charge in [0.15, 0.2) is 0 Å². The van der Waals surface area contributed by atoms with Gasteiger partial charge in [-0.2, -0.15) is 13.2 Å². The average molecular weight is 421 g/mol. The van der Waals surface area contributed by atoms with E-state index < -0.39 is 17.7 Å². The summed E-state index contributed by atoms with van der Waals surface area (Å²) in [4.78, 5) is 13.5. The molecule has 154 valence electrons. The highest BCUT2D eigenvalue weighted by atomic mass is 32.2. The van der Waals surface area contributed by atoms with E-state index in [1.54, 1.807) is 35.4 Å². The van der Waals surface area contributed by atoms with Crippen LogP contribution in [-0.4, -0.2) is 22.4 Å². The van der Waals surface area contributed by atoms with Crippen LogP contribution in [0.15, 0.2) is 53.4 Å². The fourth-order valence-electron chi connectivity index (χ4n) is 3.15. The highest BCUT2D eigenvalue weighted by molar-refractivity contribution is 7.99. The standard InChI is InChI=1S/C22H22F3NO2S/c1-4-28-21(27)20-11-16-8-9-18(29-14(2)3)12-19(16)26(20)13-15-6-5-7-17(10-15)22(23,24)25/h5-12,14H,4,13H2,1-3H3. The third kappa shape index (κ3) is 4.96. The number of hydrogen-bond donors (Lipinski definition) is 0. The van der Waals surface area contributed by atoms with Gasteiger partial charge in [-0.05, 0) is 42.8 Å². The molecule has 7 heteroatoms. The van der Waals surface area contributed by atoms with Crippen LogP contribution in [0.25, 0.3) is 10.9 Å². The molecule has 0 unspecified atom stereocenters. The number of hydrogen-bond acceptors (Lipinski definition) is 3. The van der Waals surface area contributed by atoms with Crippen LogP contribution in [0.2, 0.25) is 0 Å². The molecule has 0 saturated carbocycles. The van der Waals surface area contributed by atoms with Crippen LogP contribution in [0.1, 0.15) is 42.4 Å². The number of nitrogens with zero attached hydrogens (tertiary/aromatic N) is 1. The number of thioether (sulfide) groups is 1. The van der Waals surface area contributed by atoms with Crippen LogP contribution in [0.5, 0.6) is 0 Å². The number of halogens is 3. The van der Waals surface area contributed by atoms with Gasteiger partial charge in [-0.25, -0.2) is 4.79 Å². The Balaban J connectivity index is 2.10. The molecule has 3 rings (SSSR count). The summed E-state index contributed by atoms with van der Waals surface area (Å²) in [6.07, 6.45) is -4.42. The highest BCUT2D eigenvalue weighted by Crippen LogP contribution is 2.32. The van der Waals surface area contributed by atoms with E-state index in [1.807, 2.05) is 18.2 Å². The van der Waals surface area contributed by atoms with Crippen LogP contribution < -0.4 is 0 Å².